The second-order valence-electron chi connectivity index (χ2n) is 4.63. The molecule has 1 rings (SSSR count). The lowest BCUT2D eigenvalue weighted by atomic mass is 10.0. The molecule has 0 unspecified atom stereocenters. The van der Waals surface area contributed by atoms with E-state index in [0.717, 1.165) is 44.8 Å². The maximum absolute atomic E-state index is 4.78. The van der Waals surface area contributed by atoms with Crippen LogP contribution >= 0.6 is 0 Å². The Balaban J connectivity index is 3.18. The fourth-order valence-corrected chi connectivity index (χ4v) is 2.34. The van der Waals surface area contributed by atoms with E-state index in [2.05, 4.69) is 37.9 Å². The largest absolute Gasteiger partial charge is 0.341 e. The molecule has 0 fully saturated rings. The summed E-state index contributed by atoms with van der Waals surface area (Å²) in [5.41, 5.74) is 3.77. The molecule has 0 aliphatic heterocycles. The van der Waals surface area contributed by atoms with Crippen molar-refractivity contribution in [2.75, 3.05) is 31.6 Å². The van der Waals surface area contributed by atoms with Gasteiger partial charge in [-0.05, 0) is 52.3 Å². The van der Waals surface area contributed by atoms with Crippen LogP contribution in [0.2, 0.25) is 0 Å². The molecular weight excluding hydrogens is 236 g/mol. The number of likely N-dealkylation sites (N-methyl/N-ethyl adjacent to an activating group) is 1. The van der Waals surface area contributed by atoms with Crippen molar-refractivity contribution < 1.29 is 0 Å². The van der Waals surface area contributed by atoms with Crippen LogP contribution in [0.25, 0.3) is 0 Å². The third-order valence-corrected chi connectivity index (χ3v) is 3.51. The molecule has 19 heavy (non-hydrogen) atoms. The third kappa shape index (κ3) is 3.90. The van der Waals surface area contributed by atoms with E-state index in [1.807, 2.05) is 7.05 Å². The Bertz CT molecular complexity index is 361. The lowest BCUT2D eigenvalue weighted by molar-refractivity contribution is 0.743. The summed E-state index contributed by atoms with van der Waals surface area (Å²) in [5.74, 6) is 0.895. The van der Waals surface area contributed by atoms with Gasteiger partial charge in [-0.3, -0.25) is 0 Å². The van der Waals surface area contributed by atoms with Crippen molar-refractivity contribution in [3.63, 3.8) is 0 Å². The zero-order chi connectivity index (χ0) is 14.3. The fraction of sp³-hybridized carbons (Fsp3) is 0.733. The molecule has 1 N–H and O–H groups in total. The molecule has 0 radical (unpaired) electrons. The van der Waals surface area contributed by atoms with Crippen LogP contribution in [0.15, 0.2) is 0 Å². The summed E-state index contributed by atoms with van der Waals surface area (Å²) in [6.45, 7) is 11.6. The van der Waals surface area contributed by atoms with Crippen molar-refractivity contribution in [3.05, 3.63) is 17.0 Å². The van der Waals surface area contributed by atoms with E-state index in [1.165, 1.54) is 17.0 Å². The summed E-state index contributed by atoms with van der Waals surface area (Å²) in [7, 11) is 1.99. The SMILES string of the molecule is CCc1nc(N(CC)CC)nc(CC)c1CCNC. The average Bonchev–Trinajstić information content (AvgIpc) is 2.45. The Morgan fingerprint density at radius 3 is 1.84 bits per heavy atom. The summed E-state index contributed by atoms with van der Waals surface area (Å²) in [5, 5.41) is 3.21. The van der Waals surface area contributed by atoms with Gasteiger partial charge in [0.25, 0.3) is 0 Å². The molecule has 1 aromatic rings. The van der Waals surface area contributed by atoms with Crippen LogP contribution in [-0.4, -0.2) is 36.6 Å². The molecule has 0 spiro atoms. The number of anilines is 1. The second-order valence-corrected chi connectivity index (χ2v) is 4.63. The lowest BCUT2D eigenvalue weighted by Crippen LogP contribution is -2.26. The van der Waals surface area contributed by atoms with Gasteiger partial charge >= 0.3 is 0 Å². The highest BCUT2D eigenvalue weighted by Gasteiger charge is 2.14. The standard InChI is InChI=1S/C15H28N4/c1-6-13-12(10-11-16-5)14(7-2)18-15(17-13)19(8-3)9-4/h16H,6-11H2,1-5H3. The molecular formula is C15H28N4. The first-order valence-corrected chi connectivity index (χ1v) is 7.49. The van der Waals surface area contributed by atoms with Gasteiger partial charge in [-0.25, -0.2) is 9.97 Å². The summed E-state index contributed by atoms with van der Waals surface area (Å²) in [6.07, 6.45) is 2.97. The lowest BCUT2D eigenvalue weighted by Gasteiger charge is -2.22. The van der Waals surface area contributed by atoms with Gasteiger partial charge in [0.05, 0.1) is 0 Å². The number of aryl methyl sites for hydroxylation is 2. The van der Waals surface area contributed by atoms with Crippen molar-refractivity contribution in [2.24, 2.45) is 0 Å². The summed E-state index contributed by atoms with van der Waals surface area (Å²) in [6, 6.07) is 0. The van der Waals surface area contributed by atoms with Gasteiger partial charge in [0, 0.05) is 24.5 Å². The molecule has 0 atom stereocenters. The number of nitrogens with one attached hydrogen (secondary N) is 1. The van der Waals surface area contributed by atoms with E-state index in [1.54, 1.807) is 0 Å². The van der Waals surface area contributed by atoms with Crippen LogP contribution in [0.4, 0.5) is 5.95 Å². The zero-order valence-corrected chi connectivity index (χ0v) is 13.1. The third-order valence-electron chi connectivity index (χ3n) is 3.51. The second kappa shape index (κ2) is 8.10. The highest BCUT2D eigenvalue weighted by Crippen LogP contribution is 2.18. The molecule has 0 saturated heterocycles. The Hall–Kier alpha value is -1.16. The van der Waals surface area contributed by atoms with Crippen molar-refractivity contribution >= 4 is 5.95 Å². The number of rotatable bonds is 8. The van der Waals surface area contributed by atoms with E-state index in [4.69, 9.17) is 9.97 Å². The van der Waals surface area contributed by atoms with Crippen LogP contribution < -0.4 is 10.2 Å². The van der Waals surface area contributed by atoms with E-state index < -0.39 is 0 Å². The first kappa shape index (κ1) is 15.9. The maximum atomic E-state index is 4.78. The van der Waals surface area contributed by atoms with Gasteiger partial charge in [0.1, 0.15) is 0 Å². The smallest absolute Gasteiger partial charge is 0.225 e. The van der Waals surface area contributed by atoms with Crippen molar-refractivity contribution in [1.82, 2.24) is 15.3 Å². The van der Waals surface area contributed by atoms with E-state index in [9.17, 15) is 0 Å². The molecule has 0 aliphatic rings. The van der Waals surface area contributed by atoms with E-state index >= 15 is 0 Å². The van der Waals surface area contributed by atoms with Gasteiger partial charge in [0.15, 0.2) is 0 Å². The highest BCUT2D eigenvalue weighted by atomic mass is 15.2. The predicted molar refractivity (Wildman–Crippen MR) is 82.0 cm³/mol. The first-order valence-electron chi connectivity index (χ1n) is 7.49. The first-order chi connectivity index (χ1) is 9.21. The van der Waals surface area contributed by atoms with Gasteiger partial charge in [-0.2, -0.15) is 0 Å². The van der Waals surface area contributed by atoms with E-state index in [-0.39, 0.29) is 0 Å². The zero-order valence-electron chi connectivity index (χ0n) is 13.1. The monoisotopic (exact) mass is 264 g/mol. The van der Waals surface area contributed by atoms with Crippen molar-refractivity contribution in [3.8, 4) is 0 Å². The van der Waals surface area contributed by atoms with Crippen LogP contribution in [-0.2, 0) is 19.3 Å². The Morgan fingerprint density at radius 1 is 0.947 bits per heavy atom. The topological polar surface area (TPSA) is 41.1 Å². The molecule has 4 heteroatoms. The molecule has 0 amide bonds. The molecule has 108 valence electrons. The van der Waals surface area contributed by atoms with Gasteiger partial charge in [0.2, 0.25) is 5.95 Å². The normalized spacial score (nSPS) is 10.8. The van der Waals surface area contributed by atoms with Crippen LogP contribution in [0.5, 0.6) is 0 Å². The van der Waals surface area contributed by atoms with Gasteiger partial charge in [-0.15, -0.1) is 0 Å². The molecule has 1 aromatic heterocycles. The molecule has 0 aromatic carbocycles. The number of hydrogen-bond donors (Lipinski definition) is 1. The van der Waals surface area contributed by atoms with Crippen LogP contribution in [0, 0.1) is 0 Å². The van der Waals surface area contributed by atoms with Crippen molar-refractivity contribution in [1.29, 1.82) is 0 Å². The Morgan fingerprint density at radius 2 is 1.47 bits per heavy atom. The fourth-order valence-electron chi connectivity index (χ4n) is 2.34. The summed E-state index contributed by atoms with van der Waals surface area (Å²) < 4.78 is 0. The molecule has 1 heterocycles. The number of nitrogens with zero attached hydrogens (tertiary/aromatic N) is 3. The molecule has 0 bridgehead atoms. The quantitative estimate of drug-likeness (QED) is 0.781. The predicted octanol–water partition coefficient (Wildman–Crippen LogP) is 2.21. The minimum Gasteiger partial charge on any atom is -0.341 e. The molecule has 0 saturated carbocycles. The average molecular weight is 264 g/mol. The number of hydrogen-bond acceptors (Lipinski definition) is 4. The van der Waals surface area contributed by atoms with Crippen molar-refractivity contribution in [2.45, 2.75) is 47.0 Å². The maximum Gasteiger partial charge on any atom is 0.225 e. The van der Waals surface area contributed by atoms with E-state index in [0.29, 0.717) is 0 Å². The molecule has 0 aliphatic carbocycles. The summed E-state index contributed by atoms with van der Waals surface area (Å²) >= 11 is 0. The Kier molecular flexibility index (Phi) is 6.78. The minimum absolute atomic E-state index is 0.895. The Labute approximate surface area is 117 Å². The highest BCUT2D eigenvalue weighted by molar-refractivity contribution is 5.37. The van der Waals surface area contributed by atoms with Crippen LogP contribution in [0.3, 0.4) is 0 Å². The van der Waals surface area contributed by atoms with Gasteiger partial charge < -0.3 is 10.2 Å². The molecule has 4 nitrogen and oxygen atoms in total. The minimum atomic E-state index is 0.895. The van der Waals surface area contributed by atoms with Gasteiger partial charge in [-0.1, -0.05) is 13.8 Å². The number of aromatic nitrogens is 2. The summed E-state index contributed by atoms with van der Waals surface area (Å²) in [4.78, 5) is 11.8. The van der Waals surface area contributed by atoms with Crippen LogP contribution in [0.1, 0.15) is 44.6 Å².